The van der Waals surface area contributed by atoms with Gasteiger partial charge in [0.15, 0.2) is 0 Å². The normalized spacial score (nSPS) is 17.8. The summed E-state index contributed by atoms with van der Waals surface area (Å²) in [4.78, 5) is 14.8. The Morgan fingerprint density at radius 3 is 2.68 bits per heavy atom. The highest BCUT2D eigenvalue weighted by atomic mass is 19.1. The molecule has 44 heavy (non-hydrogen) atoms. The molecule has 1 atom stereocenters. The van der Waals surface area contributed by atoms with Gasteiger partial charge in [0.1, 0.15) is 12.4 Å². The number of nitrogens with zero attached hydrogens (tertiary/aromatic N) is 3. The number of piperidine rings is 1. The van der Waals surface area contributed by atoms with E-state index in [1.807, 2.05) is 53.6 Å². The van der Waals surface area contributed by atoms with Crippen molar-refractivity contribution in [3.8, 4) is 5.69 Å². The van der Waals surface area contributed by atoms with Gasteiger partial charge >= 0.3 is 6.09 Å². The first-order valence-electron chi connectivity index (χ1n) is 15.9. The first kappa shape index (κ1) is 28.6. The topological polar surface area (TPSA) is 72.4 Å². The van der Waals surface area contributed by atoms with E-state index in [0.29, 0.717) is 18.4 Å². The van der Waals surface area contributed by atoms with Crippen LogP contribution in [0.3, 0.4) is 0 Å². The summed E-state index contributed by atoms with van der Waals surface area (Å²) in [5.74, 6) is 0.572. The zero-order valence-electron chi connectivity index (χ0n) is 25.0. The summed E-state index contributed by atoms with van der Waals surface area (Å²) in [6.45, 7) is 3.30. The Hall–Kier alpha value is -4.17. The van der Waals surface area contributed by atoms with Crippen molar-refractivity contribution < 1.29 is 18.7 Å². The van der Waals surface area contributed by atoms with Crippen LogP contribution in [0.5, 0.6) is 0 Å². The Kier molecular flexibility index (Phi) is 8.33. The quantitative estimate of drug-likeness (QED) is 0.198. The lowest BCUT2D eigenvalue weighted by atomic mass is 9.88. The van der Waals surface area contributed by atoms with Crippen LogP contribution >= 0.6 is 0 Å². The van der Waals surface area contributed by atoms with Crippen LogP contribution in [0.1, 0.15) is 61.3 Å². The van der Waals surface area contributed by atoms with Crippen molar-refractivity contribution in [3.63, 3.8) is 0 Å². The molecule has 2 aromatic heterocycles. The van der Waals surface area contributed by atoms with E-state index in [0.717, 1.165) is 98.9 Å². The molecule has 1 N–H and O–H groups in total. The van der Waals surface area contributed by atoms with Crippen LogP contribution in [0, 0.1) is 11.7 Å². The Morgan fingerprint density at radius 2 is 1.86 bits per heavy atom. The molecule has 5 aromatic rings. The summed E-state index contributed by atoms with van der Waals surface area (Å²) in [7, 11) is 0. The predicted octanol–water partition coefficient (Wildman–Crippen LogP) is 7.91. The molecule has 3 aromatic carbocycles. The number of hydrogen-bond acceptors (Lipinski definition) is 4. The van der Waals surface area contributed by atoms with Gasteiger partial charge in [-0.05, 0) is 98.4 Å². The maximum Gasteiger partial charge on any atom is 0.410 e. The molecule has 4 heterocycles. The van der Waals surface area contributed by atoms with Crippen molar-refractivity contribution in [1.29, 1.82) is 0 Å². The molecule has 228 valence electrons. The standard InChI is InChI=1S/C36H39FN4O3/c37-29-11-13-30(14-12-29)41-34-20-28-22-38-39-33(28)21-32(34)31(35(41)27-15-18-43-19-16-27)10-4-8-25-9-5-17-40(23-25)36(42)44-24-26-6-2-1-3-7-26/h1-3,6-7,11-14,20-22,25,27H,4-5,8-10,15-19,23-24H2,(H,38,39). The molecule has 8 heteroatoms. The molecular formula is C36H39FN4O3. The number of aromatic nitrogens is 3. The number of rotatable bonds is 8. The zero-order chi connectivity index (χ0) is 29.9. The maximum absolute atomic E-state index is 14.0. The number of benzene rings is 3. The first-order valence-corrected chi connectivity index (χ1v) is 15.9. The van der Waals surface area contributed by atoms with E-state index in [1.165, 1.54) is 16.6 Å². The molecule has 7 nitrogen and oxygen atoms in total. The van der Waals surface area contributed by atoms with Gasteiger partial charge in [0.25, 0.3) is 0 Å². The Bertz CT molecular complexity index is 1720. The maximum atomic E-state index is 14.0. The third-order valence-electron chi connectivity index (χ3n) is 9.39. The number of halogens is 1. The smallest absolute Gasteiger partial charge is 0.410 e. The zero-order valence-corrected chi connectivity index (χ0v) is 25.0. The van der Waals surface area contributed by atoms with Gasteiger partial charge in [-0.15, -0.1) is 0 Å². The van der Waals surface area contributed by atoms with Crippen LogP contribution in [0.2, 0.25) is 0 Å². The van der Waals surface area contributed by atoms with Gasteiger partial charge in [0.2, 0.25) is 0 Å². The molecule has 1 unspecified atom stereocenters. The van der Waals surface area contributed by atoms with Crippen molar-refractivity contribution in [2.75, 3.05) is 26.3 Å². The second kappa shape index (κ2) is 12.8. The summed E-state index contributed by atoms with van der Waals surface area (Å²) >= 11 is 0. The van der Waals surface area contributed by atoms with Crippen LogP contribution < -0.4 is 0 Å². The lowest BCUT2D eigenvalue weighted by Gasteiger charge is -2.32. The molecule has 0 spiro atoms. The minimum absolute atomic E-state index is 0.216. The number of aryl methyl sites for hydroxylation is 1. The third-order valence-corrected chi connectivity index (χ3v) is 9.39. The van der Waals surface area contributed by atoms with Crippen molar-refractivity contribution in [1.82, 2.24) is 19.7 Å². The number of likely N-dealkylation sites (tertiary alicyclic amines) is 1. The molecule has 2 aliphatic heterocycles. The molecular weight excluding hydrogens is 555 g/mol. The van der Waals surface area contributed by atoms with E-state index < -0.39 is 0 Å². The second-order valence-electron chi connectivity index (χ2n) is 12.3. The van der Waals surface area contributed by atoms with Crippen LogP contribution in [-0.4, -0.2) is 52.1 Å². The molecule has 2 saturated heterocycles. The summed E-state index contributed by atoms with van der Waals surface area (Å²) in [6.07, 6.45) is 8.71. The monoisotopic (exact) mass is 594 g/mol. The number of aromatic amines is 1. The molecule has 0 saturated carbocycles. The second-order valence-corrected chi connectivity index (χ2v) is 12.3. The number of nitrogens with one attached hydrogen (secondary N) is 1. The van der Waals surface area contributed by atoms with E-state index in [4.69, 9.17) is 9.47 Å². The highest BCUT2D eigenvalue weighted by Crippen LogP contribution is 2.40. The Morgan fingerprint density at radius 1 is 1.05 bits per heavy atom. The number of H-pyrrole nitrogens is 1. The summed E-state index contributed by atoms with van der Waals surface area (Å²) in [5, 5.41) is 9.74. The van der Waals surface area contributed by atoms with Gasteiger partial charge in [0, 0.05) is 54.4 Å². The molecule has 7 rings (SSSR count). The van der Waals surface area contributed by atoms with E-state index in [9.17, 15) is 9.18 Å². The van der Waals surface area contributed by atoms with Gasteiger partial charge in [-0.1, -0.05) is 30.3 Å². The minimum Gasteiger partial charge on any atom is -0.445 e. The van der Waals surface area contributed by atoms with Crippen molar-refractivity contribution in [2.24, 2.45) is 5.92 Å². The van der Waals surface area contributed by atoms with E-state index >= 15 is 0 Å². The van der Waals surface area contributed by atoms with E-state index in [-0.39, 0.29) is 11.9 Å². The molecule has 0 aliphatic carbocycles. The fraction of sp³-hybridized carbons (Fsp3) is 0.389. The summed E-state index contributed by atoms with van der Waals surface area (Å²) < 4.78 is 27.8. The average Bonchev–Trinajstić information content (AvgIpc) is 3.66. The highest BCUT2D eigenvalue weighted by molar-refractivity contribution is 5.98. The number of carbonyl (C=O) groups is 1. The van der Waals surface area contributed by atoms with Gasteiger partial charge in [0.05, 0.1) is 17.2 Å². The fourth-order valence-electron chi connectivity index (χ4n) is 7.18. The number of amides is 1. The number of hydrogen-bond donors (Lipinski definition) is 1. The molecule has 1 amide bonds. The SMILES string of the molecule is O=C(OCc1ccccc1)N1CCCC(CCCc2c(C3CCOCC3)n(-c3ccc(F)cc3)c3cc4cn[nH]c4cc23)C1. The van der Waals surface area contributed by atoms with Gasteiger partial charge in [-0.3, -0.25) is 5.10 Å². The predicted molar refractivity (Wildman–Crippen MR) is 170 cm³/mol. The van der Waals surface area contributed by atoms with Crippen molar-refractivity contribution in [3.05, 3.63) is 95.6 Å². The average molecular weight is 595 g/mol. The van der Waals surface area contributed by atoms with E-state index in [1.54, 1.807) is 12.1 Å². The molecule has 0 bridgehead atoms. The first-order chi connectivity index (χ1) is 21.6. The van der Waals surface area contributed by atoms with Crippen LogP contribution in [0.15, 0.2) is 72.9 Å². The largest absolute Gasteiger partial charge is 0.445 e. The van der Waals surface area contributed by atoms with Gasteiger partial charge in [-0.25, -0.2) is 9.18 Å². The van der Waals surface area contributed by atoms with Crippen molar-refractivity contribution in [2.45, 2.75) is 57.5 Å². The number of carbonyl (C=O) groups excluding carboxylic acids is 1. The van der Waals surface area contributed by atoms with Gasteiger partial charge in [-0.2, -0.15) is 5.10 Å². The number of ether oxygens (including phenoxy) is 2. The Balaban J connectivity index is 1.13. The lowest BCUT2D eigenvalue weighted by molar-refractivity contribution is 0.0777. The Labute approximate surface area is 257 Å². The van der Waals surface area contributed by atoms with Gasteiger partial charge < -0.3 is 18.9 Å². The van der Waals surface area contributed by atoms with Crippen LogP contribution in [0.4, 0.5) is 9.18 Å². The molecule has 0 radical (unpaired) electrons. The van der Waals surface area contributed by atoms with Crippen LogP contribution in [0.25, 0.3) is 27.5 Å². The molecule has 2 aliphatic rings. The number of fused-ring (bicyclic) bond motifs is 2. The molecule has 2 fully saturated rings. The highest BCUT2D eigenvalue weighted by Gasteiger charge is 2.29. The lowest BCUT2D eigenvalue weighted by Crippen LogP contribution is -2.40. The summed E-state index contributed by atoms with van der Waals surface area (Å²) in [6, 6.07) is 21.1. The van der Waals surface area contributed by atoms with Crippen molar-refractivity contribution >= 4 is 27.9 Å². The summed E-state index contributed by atoms with van der Waals surface area (Å²) in [5.41, 5.74) is 6.82. The van der Waals surface area contributed by atoms with E-state index in [2.05, 4.69) is 26.9 Å². The fourth-order valence-corrected chi connectivity index (χ4v) is 7.18. The third kappa shape index (κ3) is 5.95. The minimum atomic E-state index is -0.235. The van der Waals surface area contributed by atoms with Crippen LogP contribution in [-0.2, 0) is 22.5 Å².